The Hall–Kier alpha value is -0.600. The Labute approximate surface area is 110 Å². The Kier molecular flexibility index (Phi) is 3.50. The molecule has 0 saturated carbocycles. The fourth-order valence-electron chi connectivity index (χ4n) is 0.989. The second-order valence-electron chi connectivity index (χ2n) is 2.73. The molecule has 0 saturated heterocycles. The van der Waals surface area contributed by atoms with Gasteiger partial charge in [0, 0.05) is 6.07 Å². The molecule has 0 spiro atoms. The second-order valence-corrected chi connectivity index (χ2v) is 5.84. The quantitative estimate of drug-likeness (QED) is 0.809. The lowest BCUT2D eigenvalue weighted by atomic mass is 10.3. The van der Waals surface area contributed by atoms with E-state index in [4.69, 9.17) is 0 Å². The molecule has 0 aliphatic rings. The molecule has 1 heterocycles. The van der Waals surface area contributed by atoms with Crippen LogP contribution in [0.25, 0.3) is 0 Å². The van der Waals surface area contributed by atoms with E-state index in [2.05, 4.69) is 47.4 Å². The SMILES string of the molecule is Fc1cc(Nc2nnc(Br)s2)c(F)cc1Br. The Balaban J connectivity index is 2.31. The first-order chi connectivity index (χ1) is 7.56. The number of hydrogen-bond donors (Lipinski definition) is 1. The molecule has 2 rings (SSSR count). The van der Waals surface area contributed by atoms with Crippen molar-refractivity contribution in [1.29, 1.82) is 0 Å². The molecule has 1 aromatic heterocycles. The van der Waals surface area contributed by atoms with Crippen LogP contribution in [-0.4, -0.2) is 10.2 Å². The van der Waals surface area contributed by atoms with E-state index in [-0.39, 0.29) is 10.2 Å². The molecule has 0 aliphatic heterocycles. The minimum Gasteiger partial charge on any atom is -0.328 e. The summed E-state index contributed by atoms with van der Waals surface area (Å²) < 4.78 is 27.2. The Morgan fingerprint density at radius 2 is 1.88 bits per heavy atom. The Bertz CT molecular complexity index is 532. The molecule has 8 heteroatoms. The number of hydrogen-bond acceptors (Lipinski definition) is 4. The average molecular weight is 371 g/mol. The van der Waals surface area contributed by atoms with Crippen LogP contribution in [0.1, 0.15) is 0 Å². The van der Waals surface area contributed by atoms with Gasteiger partial charge in [-0.15, -0.1) is 10.2 Å². The molecule has 0 atom stereocenters. The van der Waals surface area contributed by atoms with Gasteiger partial charge in [-0.3, -0.25) is 0 Å². The van der Waals surface area contributed by atoms with E-state index in [0.717, 1.165) is 12.1 Å². The monoisotopic (exact) mass is 369 g/mol. The number of rotatable bonds is 2. The van der Waals surface area contributed by atoms with Gasteiger partial charge in [0.1, 0.15) is 11.6 Å². The highest BCUT2D eigenvalue weighted by molar-refractivity contribution is 9.11. The molecule has 0 fully saturated rings. The number of nitrogens with one attached hydrogen (secondary N) is 1. The fraction of sp³-hybridized carbons (Fsp3) is 0. The number of anilines is 2. The summed E-state index contributed by atoms with van der Waals surface area (Å²) in [5, 5.41) is 10.4. The third-order valence-corrected chi connectivity index (χ3v) is 3.53. The van der Waals surface area contributed by atoms with Crippen molar-refractivity contribution in [1.82, 2.24) is 10.2 Å². The second kappa shape index (κ2) is 4.72. The summed E-state index contributed by atoms with van der Waals surface area (Å²) in [7, 11) is 0. The summed E-state index contributed by atoms with van der Waals surface area (Å²) in [6, 6.07) is 2.10. The maximum atomic E-state index is 13.4. The molecule has 0 unspecified atom stereocenters. The van der Waals surface area contributed by atoms with Crippen molar-refractivity contribution in [3.8, 4) is 0 Å². The van der Waals surface area contributed by atoms with Gasteiger partial charge in [-0.1, -0.05) is 11.3 Å². The van der Waals surface area contributed by atoms with Gasteiger partial charge in [0.2, 0.25) is 5.13 Å². The van der Waals surface area contributed by atoms with E-state index in [9.17, 15) is 8.78 Å². The topological polar surface area (TPSA) is 37.8 Å². The van der Waals surface area contributed by atoms with Crippen LogP contribution in [0.3, 0.4) is 0 Å². The van der Waals surface area contributed by atoms with Crippen LogP contribution in [0.15, 0.2) is 20.5 Å². The van der Waals surface area contributed by atoms with Gasteiger partial charge in [0.25, 0.3) is 0 Å². The van der Waals surface area contributed by atoms with E-state index >= 15 is 0 Å². The Morgan fingerprint density at radius 1 is 1.12 bits per heavy atom. The van der Waals surface area contributed by atoms with Crippen molar-refractivity contribution in [2.45, 2.75) is 0 Å². The molecule has 0 radical (unpaired) electrons. The van der Waals surface area contributed by atoms with Crippen molar-refractivity contribution in [2.75, 3.05) is 5.32 Å². The molecule has 0 aliphatic carbocycles. The molecule has 16 heavy (non-hydrogen) atoms. The zero-order valence-corrected chi connectivity index (χ0v) is 11.5. The lowest BCUT2D eigenvalue weighted by molar-refractivity contribution is 0.598. The molecule has 1 aromatic carbocycles. The van der Waals surface area contributed by atoms with Crippen LogP contribution in [0.2, 0.25) is 0 Å². The number of benzene rings is 1. The van der Waals surface area contributed by atoms with Gasteiger partial charge in [-0.05, 0) is 37.9 Å². The minimum absolute atomic E-state index is 0.0179. The number of halogens is 4. The summed E-state index contributed by atoms with van der Waals surface area (Å²) in [5.74, 6) is -1.12. The molecule has 0 amide bonds. The summed E-state index contributed by atoms with van der Waals surface area (Å²) >= 11 is 7.20. The maximum absolute atomic E-state index is 13.4. The van der Waals surface area contributed by atoms with Crippen LogP contribution in [0.5, 0.6) is 0 Å². The van der Waals surface area contributed by atoms with Crippen molar-refractivity contribution < 1.29 is 8.78 Å². The first-order valence-electron chi connectivity index (χ1n) is 3.97. The predicted octanol–water partition coefficient (Wildman–Crippen LogP) is 4.08. The van der Waals surface area contributed by atoms with Crippen molar-refractivity contribution in [3.05, 3.63) is 32.2 Å². The van der Waals surface area contributed by atoms with E-state index in [1.165, 1.54) is 11.3 Å². The normalized spacial score (nSPS) is 10.5. The van der Waals surface area contributed by atoms with Crippen LogP contribution in [0.4, 0.5) is 19.6 Å². The predicted molar refractivity (Wildman–Crippen MR) is 64.9 cm³/mol. The highest BCUT2D eigenvalue weighted by Gasteiger charge is 2.10. The van der Waals surface area contributed by atoms with E-state index in [0.29, 0.717) is 9.05 Å². The molecule has 1 N–H and O–H groups in total. The molecular formula is C8H3Br2F2N3S. The van der Waals surface area contributed by atoms with Crippen LogP contribution < -0.4 is 5.32 Å². The van der Waals surface area contributed by atoms with Crippen molar-refractivity contribution in [2.24, 2.45) is 0 Å². The molecule has 84 valence electrons. The van der Waals surface area contributed by atoms with Crippen LogP contribution in [0, 0.1) is 11.6 Å². The lowest BCUT2D eigenvalue weighted by Gasteiger charge is -2.04. The van der Waals surface area contributed by atoms with Crippen LogP contribution >= 0.6 is 43.2 Å². The highest BCUT2D eigenvalue weighted by atomic mass is 79.9. The van der Waals surface area contributed by atoms with E-state index in [1.54, 1.807) is 0 Å². The lowest BCUT2D eigenvalue weighted by Crippen LogP contribution is -1.95. The van der Waals surface area contributed by atoms with Crippen molar-refractivity contribution in [3.63, 3.8) is 0 Å². The first kappa shape index (κ1) is 11.9. The summed E-state index contributed by atoms with van der Waals surface area (Å²) in [6.07, 6.45) is 0. The molecular weight excluding hydrogens is 368 g/mol. The standard InChI is InChI=1S/C8H3Br2F2N3S/c9-3-1-5(12)6(2-4(3)11)13-8-15-14-7(10)16-8/h1-2H,(H,13,15). The fourth-order valence-corrected chi connectivity index (χ4v) is 2.33. The zero-order chi connectivity index (χ0) is 11.7. The zero-order valence-electron chi connectivity index (χ0n) is 7.47. The summed E-state index contributed by atoms with van der Waals surface area (Å²) in [4.78, 5) is 0. The van der Waals surface area contributed by atoms with Gasteiger partial charge in [-0.2, -0.15) is 0 Å². The maximum Gasteiger partial charge on any atom is 0.210 e. The summed E-state index contributed by atoms with van der Waals surface area (Å²) in [6.45, 7) is 0. The number of aromatic nitrogens is 2. The van der Waals surface area contributed by atoms with Crippen LogP contribution in [-0.2, 0) is 0 Å². The minimum atomic E-state index is -0.570. The highest BCUT2D eigenvalue weighted by Crippen LogP contribution is 2.28. The van der Waals surface area contributed by atoms with E-state index in [1.807, 2.05) is 0 Å². The molecule has 2 aromatic rings. The van der Waals surface area contributed by atoms with Gasteiger partial charge in [0.05, 0.1) is 10.2 Å². The van der Waals surface area contributed by atoms with Gasteiger partial charge >= 0.3 is 0 Å². The van der Waals surface area contributed by atoms with Gasteiger partial charge in [0.15, 0.2) is 3.92 Å². The van der Waals surface area contributed by atoms with E-state index < -0.39 is 11.6 Å². The third kappa shape index (κ3) is 2.55. The summed E-state index contributed by atoms with van der Waals surface area (Å²) in [5.41, 5.74) is 0.0179. The Morgan fingerprint density at radius 3 is 2.50 bits per heavy atom. The average Bonchev–Trinajstić information content (AvgIpc) is 2.60. The number of nitrogens with zero attached hydrogens (tertiary/aromatic N) is 2. The molecule has 3 nitrogen and oxygen atoms in total. The smallest absolute Gasteiger partial charge is 0.210 e. The third-order valence-electron chi connectivity index (χ3n) is 1.65. The molecule has 0 bridgehead atoms. The largest absolute Gasteiger partial charge is 0.328 e. The van der Waals surface area contributed by atoms with Crippen molar-refractivity contribution >= 4 is 54.0 Å². The first-order valence-corrected chi connectivity index (χ1v) is 6.37. The van der Waals surface area contributed by atoms with Gasteiger partial charge in [-0.25, -0.2) is 8.78 Å². The van der Waals surface area contributed by atoms with Gasteiger partial charge < -0.3 is 5.32 Å².